The van der Waals surface area contributed by atoms with Crippen LogP contribution in [-0.2, 0) is 14.8 Å². The van der Waals surface area contributed by atoms with Crippen LogP contribution in [0.3, 0.4) is 0 Å². The lowest BCUT2D eigenvalue weighted by Crippen LogP contribution is -2.21. The topological polar surface area (TPSA) is 84.5 Å². The zero-order valence-corrected chi connectivity index (χ0v) is 16.8. The molecule has 2 N–H and O–H groups in total. The second-order valence-corrected chi connectivity index (χ2v) is 8.14. The Hall–Kier alpha value is -3.17. The minimum Gasteiger partial charge on any atom is -0.484 e. The fourth-order valence-corrected chi connectivity index (χ4v) is 3.57. The molecule has 0 radical (unpaired) electrons. The minimum atomic E-state index is -3.84. The summed E-state index contributed by atoms with van der Waals surface area (Å²) in [6, 6.07) is 14.6. The molecule has 0 fully saturated rings. The number of para-hydroxylation sites is 1. The molecule has 0 aliphatic rings. The van der Waals surface area contributed by atoms with Crippen LogP contribution in [0, 0.1) is 11.6 Å². The summed E-state index contributed by atoms with van der Waals surface area (Å²) in [5.74, 6) is -2.40. The third kappa shape index (κ3) is 5.46. The second-order valence-electron chi connectivity index (χ2n) is 6.02. The first kappa shape index (κ1) is 21.5. The van der Waals surface area contributed by atoms with Crippen LogP contribution in [0.5, 0.6) is 5.75 Å². The zero-order valence-electron chi connectivity index (χ0n) is 15.2. The predicted octanol–water partition coefficient (Wildman–Crippen LogP) is 4.44. The van der Waals surface area contributed by atoms with Crippen LogP contribution in [0.15, 0.2) is 71.6 Å². The van der Waals surface area contributed by atoms with Crippen LogP contribution in [0.25, 0.3) is 0 Å². The van der Waals surface area contributed by atoms with Crippen molar-refractivity contribution in [2.75, 3.05) is 16.6 Å². The summed E-state index contributed by atoms with van der Waals surface area (Å²) in [6.07, 6.45) is 0. The van der Waals surface area contributed by atoms with Crippen molar-refractivity contribution < 1.29 is 26.7 Å². The number of nitrogens with one attached hydrogen (secondary N) is 2. The van der Waals surface area contributed by atoms with Gasteiger partial charge in [0, 0.05) is 10.7 Å². The number of benzene rings is 3. The molecule has 0 unspecified atom stereocenters. The monoisotopic (exact) mass is 452 g/mol. The molecule has 0 saturated carbocycles. The lowest BCUT2D eigenvalue weighted by atomic mass is 10.3. The highest BCUT2D eigenvalue weighted by molar-refractivity contribution is 7.92. The van der Waals surface area contributed by atoms with Crippen LogP contribution in [-0.4, -0.2) is 20.9 Å². The molecule has 0 atom stereocenters. The number of sulfonamides is 1. The van der Waals surface area contributed by atoms with Gasteiger partial charge in [-0.25, -0.2) is 17.2 Å². The van der Waals surface area contributed by atoms with Gasteiger partial charge in [0.05, 0.1) is 4.90 Å². The van der Waals surface area contributed by atoms with Crippen molar-refractivity contribution in [2.45, 2.75) is 4.90 Å². The Bertz CT molecular complexity index is 1130. The first-order valence-corrected chi connectivity index (χ1v) is 10.4. The predicted molar refractivity (Wildman–Crippen MR) is 109 cm³/mol. The summed E-state index contributed by atoms with van der Waals surface area (Å²) in [5.41, 5.74) is -0.224. The van der Waals surface area contributed by atoms with Gasteiger partial charge in [0.25, 0.3) is 15.9 Å². The van der Waals surface area contributed by atoms with Gasteiger partial charge in [0.1, 0.15) is 23.1 Å². The molecule has 156 valence electrons. The summed E-state index contributed by atoms with van der Waals surface area (Å²) in [6.45, 7) is -0.525. The molecule has 10 heteroatoms. The quantitative estimate of drug-likeness (QED) is 0.555. The van der Waals surface area contributed by atoms with Gasteiger partial charge in [-0.05, 0) is 60.7 Å². The van der Waals surface area contributed by atoms with Gasteiger partial charge in [0.2, 0.25) is 0 Å². The molecular formula is C20H15ClF2N2O4S. The van der Waals surface area contributed by atoms with Gasteiger partial charge in [-0.3, -0.25) is 9.52 Å². The normalized spacial score (nSPS) is 11.0. The highest BCUT2D eigenvalue weighted by Gasteiger charge is 2.15. The Morgan fingerprint density at radius 3 is 2.13 bits per heavy atom. The third-order valence-electron chi connectivity index (χ3n) is 3.83. The smallest absolute Gasteiger partial charge is 0.262 e. The standard InChI is InChI=1S/C20H15ClF2N2O4S/c21-13-4-6-14(7-5-13)25-30(27,28)16-10-8-15(9-11-16)29-12-19(26)24-20-17(22)2-1-3-18(20)23/h1-11,25H,12H2,(H,24,26). The van der Waals surface area contributed by atoms with Crippen molar-refractivity contribution >= 4 is 38.9 Å². The van der Waals surface area contributed by atoms with E-state index in [0.29, 0.717) is 10.7 Å². The molecule has 1 amide bonds. The molecule has 0 heterocycles. The zero-order chi connectivity index (χ0) is 21.7. The molecule has 6 nitrogen and oxygen atoms in total. The van der Waals surface area contributed by atoms with E-state index in [1.165, 1.54) is 42.5 Å². The Balaban J connectivity index is 1.60. The molecular weight excluding hydrogens is 438 g/mol. The van der Waals surface area contributed by atoms with Crippen LogP contribution < -0.4 is 14.8 Å². The van der Waals surface area contributed by atoms with Gasteiger partial charge in [-0.1, -0.05) is 17.7 Å². The first-order chi connectivity index (χ1) is 14.2. The van der Waals surface area contributed by atoms with Gasteiger partial charge in [0.15, 0.2) is 6.61 Å². The summed E-state index contributed by atoms with van der Waals surface area (Å²) in [7, 11) is -3.84. The van der Waals surface area contributed by atoms with E-state index in [1.807, 2.05) is 0 Å². The Labute approximate surface area is 176 Å². The van der Waals surface area contributed by atoms with E-state index < -0.39 is 39.9 Å². The van der Waals surface area contributed by atoms with E-state index in [2.05, 4.69) is 10.0 Å². The molecule has 3 rings (SSSR count). The number of carbonyl (C=O) groups excluding carboxylic acids is 1. The first-order valence-electron chi connectivity index (χ1n) is 8.50. The van der Waals surface area contributed by atoms with Crippen LogP contribution in [0.2, 0.25) is 5.02 Å². The maximum atomic E-state index is 13.5. The van der Waals surface area contributed by atoms with Gasteiger partial charge < -0.3 is 10.1 Å². The second kappa shape index (κ2) is 9.10. The lowest BCUT2D eigenvalue weighted by Gasteiger charge is -2.10. The molecule has 30 heavy (non-hydrogen) atoms. The summed E-state index contributed by atoms with van der Waals surface area (Å²) in [5, 5.41) is 2.56. The molecule has 3 aromatic carbocycles. The SMILES string of the molecule is O=C(COc1ccc(S(=O)(=O)Nc2ccc(Cl)cc2)cc1)Nc1c(F)cccc1F. The number of rotatable bonds is 7. The van der Waals surface area contributed by atoms with Crippen molar-refractivity contribution in [1.82, 2.24) is 0 Å². The fourth-order valence-electron chi connectivity index (χ4n) is 2.39. The Morgan fingerprint density at radius 2 is 1.53 bits per heavy atom. The molecule has 0 aromatic heterocycles. The van der Waals surface area contributed by atoms with Gasteiger partial charge in [-0.15, -0.1) is 0 Å². The molecule has 3 aromatic rings. The molecule has 0 spiro atoms. The number of hydrogen-bond acceptors (Lipinski definition) is 4. The van der Waals surface area contributed by atoms with Crippen LogP contribution in [0.4, 0.5) is 20.2 Å². The van der Waals surface area contributed by atoms with Crippen molar-refractivity contribution in [3.63, 3.8) is 0 Å². The maximum absolute atomic E-state index is 13.5. The number of hydrogen-bond donors (Lipinski definition) is 2. The number of amides is 1. The molecule has 0 aliphatic heterocycles. The Morgan fingerprint density at radius 1 is 0.933 bits per heavy atom. The van der Waals surface area contributed by atoms with Crippen molar-refractivity contribution in [3.05, 3.63) is 83.4 Å². The summed E-state index contributed by atoms with van der Waals surface area (Å²) < 4.78 is 59.5. The van der Waals surface area contributed by atoms with Gasteiger partial charge >= 0.3 is 0 Å². The molecule has 0 bridgehead atoms. The number of carbonyl (C=O) groups is 1. The molecule has 0 saturated heterocycles. The third-order valence-corrected chi connectivity index (χ3v) is 5.48. The summed E-state index contributed by atoms with van der Waals surface area (Å²) in [4.78, 5) is 11.8. The number of ether oxygens (including phenoxy) is 1. The minimum absolute atomic E-state index is 0.0253. The average molecular weight is 453 g/mol. The van der Waals surface area contributed by atoms with E-state index in [0.717, 1.165) is 12.1 Å². The average Bonchev–Trinajstić information content (AvgIpc) is 2.71. The molecule has 0 aliphatic carbocycles. The van der Waals surface area contributed by atoms with E-state index in [1.54, 1.807) is 12.1 Å². The van der Waals surface area contributed by atoms with E-state index in [9.17, 15) is 22.0 Å². The fraction of sp³-hybridized carbons (Fsp3) is 0.0500. The lowest BCUT2D eigenvalue weighted by molar-refractivity contribution is -0.118. The van der Waals surface area contributed by atoms with Crippen LogP contribution in [0.1, 0.15) is 0 Å². The highest BCUT2D eigenvalue weighted by atomic mass is 35.5. The Kier molecular flexibility index (Phi) is 6.53. The largest absolute Gasteiger partial charge is 0.484 e. The van der Waals surface area contributed by atoms with E-state index >= 15 is 0 Å². The number of halogens is 3. The van der Waals surface area contributed by atoms with E-state index in [-0.39, 0.29) is 10.6 Å². The van der Waals surface area contributed by atoms with Crippen molar-refractivity contribution in [3.8, 4) is 5.75 Å². The van der Waals surface area contributed by atoms with Crippen molar-refractivity contribution in [2.24, 2.45) is 0 Å². The maximum Gasteiger partial charge on any atom is 0.262 e. The van der Waals surface area contributed by atoms with Crippen LogP contribution >= 0.6 is 11.6 Å². The summed E-state index contributed by atoms with van der Waals surface area (Å²) >= 11 is 5.77. The highest BCUT2D eigenvalue weighted by Crippen LogP contribution is 2.21. The van der Waals surface area contributed by atoms with Crippen molar-refractivity contribution in [1.29, 1.82) is 0 Å². The van der Waals surface area contributed by atoms with E-state index in [4.69, 9.17) is 16.3 Å². The number of anilines is 2. The van der Waals surface area contributed by atoms with Gasteiger partial charge in [-0.2, -0.15) is 0 Å².